The molecule has 1 aliphatic heterocycles. The minimum absolute atomic E-state index is 0.207. The fraction of sp³-hybridized carbons (Fsp3) is 0.238. The lowest BCUT2D eigenvalue weighted by atomic mass is 9.91. The Balaban J connectivity index is 1.34. The third-order valence-electron chi connectivity index (χ3n) is 5.75. The topological polar surface area (TPSA) is 97.1 Å². The second kappa shape index (κ2) is 6.66. The molecule has 5 rings (SSSR count). The fourth-order valence-electron chi connectivity index (χ4n) is 3.83. The van der Waals surface area contributed by atoms with E-state index in [2.05, 4.69) is 20.8 Å². The average Bonchev–Trinajstić information content (AvgIpc) is 3.30. The van der Waals surface area contributed by atoms with Gasteiger partial charge in [-0.3, -0.25) is 10.1 Å². The number of imide groups is 1. The molecule has 3 unspecified atom stereocenters. The van der Waals surface area contributed by atoms with Crippen molar-refractivity contribution in [3.05, 3.63) is 70.9 Å². The highest BCUT2D eigenvalue weighted by molar-refractivity contribution is 6.07. The molecule has 2 heterocycles. The molecule has 0 spiro atoms. The van der Waals surface area contributed by atoms with E-state index in [1.54, 1.807) is 31.2 Å². The standard InChI is InChI=1S/C21H15F3N4O3/c1-21(19(29)26-20(30)27-21)11-4-2-9(3-5-11)17-25-18(31-28-17)13-8-12(13)10-6-14(22)16(24)15(23)7-10/h2-7,12-13H,8H2,1H3,(H2,26,27,29,30). The molecule has 3 atom stereocenters. The zero-order chi connectivity index (χ0) is 21.9. The van der Waals surface area contributed by atoms with Crippen LogP contribution in [-0.4, -0.2) is 22.1 Å². The number of nitrogens with one attached hydrogen (secondary N) is 2. The van der Waals surface area contributed by atoms with Crippen molar-refractivity contribution in [3.8, 4) is 11.4 Å². The Labute approximate surface area is 173 Å². The number of hydrogen-bond donors (Lipinski definition) is 2. The summed E-state index contributed by atoms with van der Waals surface area (Å²) >= 11 is 0. The van der Waals surface area contributed by atoms with E-state index < -0.39 is 34.9 Å². The van der Waals surface area contributed by atoms with Crippen molar-refractivity contribution in [2.75, 3.05) is 0 Å². The van der Waals surface area contributed by atoms with E-state index in [0.717, 1.165) is 12.1 Å². The minimum atomic E-state index is -1.49. The summed E-state index contributed by atoms with van der Waals surface area (Å²) in [6, 6.07) is 8.17. The Hall–Kier alpha value is -3.69. The molecule has 0 bridgehead atoms. The quantitative estimate of drug-likeness (QED) is 0.490. The lowest BCUT2D eigenvalue weighted by molar-refractivity contribution is -0.123. The number of hydrogen-bond acceptors (Lipinski definition) is 5. The van der Waals surface area contributed by atoms with Crippen LogP contribution in [0.3, 0.4) is 0 Å². The molecule has 1 aromatic heterocycles. The molecule has 7 nitrogen and oxygen atoms in total. The number of rotatable bonds is 4. The van der Waals surface area contributed by atoms with Crippen LogP contribution in [0.25, 0.3) is 11.4 Å². The molecule has 2 N–H and O–H groups in total. The Morgan fingerprint density at radius 2 is 1.74 bits per heavy atom. The van der Waals surface area contributed by atoms with Crippen LogP contribution in [0.5, 0.6) is 0 Å². The van der Waals surface area contributed by atoms with Gasteiger partial charge in [0.1, 0.15) is 5.54 Å². The Kier molecular flexibility index (Phi) is 4.14. The smallest absolute Gasteiger partial charge is 0.322 e. The first kappa shape index (κ1) is 19.3. The number of nitrogens with zero attached hydrogens (tertiary/aromatic N) is 2. The molecule has 3 amide bonds. The molecule has 158 valence electrons. The van der Waals surface area contributed by atoms with Gasteiger partial charge in [0, 0.05) is 11.5 Å². The van der Waals surface area contributed by atoms with Crippen molar-refractivity contribution in [2.24, 2.45) is 0 Å². The van der Waals surface area contributed by atoms with Crippen LogP contribution >= 0.6 is 0 Å². The van der Waals surface area contributed by atoms with Crippen molar-refractivity contribution in [2.45, 2.75) is 30.7 Å². The minimum Gasteiger partial charge on any atom is -0.339 e. The maximum Gasteiger partial charge on any atom is 0.322 e. The van der Waals surface area contributed by atoms with Gasteiger partial charge in [-0.15, -0.1) is 0 Å². The Morgan fingerprint density at radius 3 is 2.35 bits per heavy atom. The van der Waals surface area contributed by atoms with E-state index in [1.807, 2.05) is 0 Å². The van der Waals surface area contributed by atoms with E-state index >= 15 is 0 Å². The van der Waals surface area contributed by atoms with Gasteiger partial charge in [0.15, 0.2) is 17.5 Å². The number of amides is 3. The molecular weight excluding hydrogens is 413 g/mol. The summed E-state index contributed by atoms with van der Waals surface area (Å²) in [4.78, 5) is 27.9. The molecular formula is C21H15F3N4O3. The predicted octanol–water partition coefficient (Wildman–Crippen LogP) is 3.48. The predicted molar refractivity (Wildman–Crippen MR) is 100 cm³/mol. The Bertz CT molecular complexity index is 1200. The first-order valence-electron chi connectivity index (χ1n) is 9.49. The van der Waals surface area contributed by atoms with E-state index in [-0.39, 0.29) is 11.8 Å². The molecule has 1 saturated carbocycles. The van der Waals surface area contributed by atoms with E-state index in [1.165, 1.54) is 0 Å². The van der Waals surface area contributed by atoms with Gasteiger partial charge < -0.3 is 9.84 Å². The van der Waals surface area contributed by atoms with Crippen LogP contribution in [0, 0.1) is 17.5 Å². The van der Waals surface area contributed by atoms with Crippen molar-refractivity contribution in [1.82, 2.24) is 20.8 Å². The van der Waals surface area contributed by atoms with Crippen LogP contribution in [-0.2, 0) is 10.3 Å². The SMILES string of the molecule is CC1(c2ccc(-c3noc(C4CC4c4cc(F)c(F)c(F)c4)n3)cc2)NC(=O)NC1=O. The van der Waals surface area contributed by atoms with Gasteiger partial charge in [-0.2, -0.15) is 4.98 Å². The second-order valence-electron chi connectivity index (χ2n) is 7.81. The van der Waals surface area contributed by atoms with Crippen LogP contribution < -0.4 is 10.6 Å². The zero-order valence-corrected chi connectivity index (χ0v) is 16.1. The van der Waals surface area contributed by atoms with Gasteiger partial charge in [0.05, 0.1) is 0 Å². The highest BCUT2D eigenvalue weighted by atomic mass is 19.2. The van der Waals surface area contributed by atoms with Crippen LogP contribution in [0.15, 0.2) is 40.9 Å². The van der Waals surface area contributed by atoms with Crippen molar-refractivity contribution in [3.63, 3.8) is 0 Å². The third-order valence-corrected chi connectivity index (χ3v) is 5.75. The zero-order valence-electron chi connectivity index (χ0n) is 16.1. The molecule has 1 saturated heterocycles. The highest BCUT2D eigenvalue weighted by Gasteiger charge is 2.45. The number of carbonyl (C=O) groups excluding carboxylic acids is 2. The molecule has 2 aromatic carbocycles. The largest absolute Gasteiger partial charge is 0.339 e. The number of benzene rings is 2. The van der Waals surface area contributed by atoms with Gasteiger partial charge in [-0.1, -0.05) is 29.4 Å². The molecule has 3 aromatic rings. The molecule has 31 heavy (non-hydrogen) atoms. The van der Waals surface area contributed by atoms with Crippen LogP contribution in [0.4, 0.5) is 18.0 Å². The van der Waals surface area contributed by atoms with Crippen LogP contribution in [0.1, 0.15) is 42.2 Å². The van der Waals surface area contributed by atoms with Gasteiger partial charge in [-0.05, 0) is 42.5 Å². The number of carbonyl (C=O) groups is 2. The van der Waals surface area contributed by atoms with Gasteiger partial charge in [0.2, 0.25) is 11.7 Å². The summed E-state index contributed by atoms with van der Waals surface area (Å²) in [6.45, 7) is 1.60. The molecule has 2 aliphatic rings. The fourth-order valence-corrected chi connectivity index (χ4v) is 3.83. The van der Waals surface area contributed by atoms with Crippen molar-refractivity contribution < 1.29 is 27.3 Å². The monoisotopic (exact) mass is 428 g/mol. The normalized spacial score (nSPS) is 24.8. The lowest BCUT2D eigenvalue weighted by Gasteiger charge is -2.20. The van der Waals surface area contributed by atoms with E-state index in [0.29, 0.717) is 34.8 Å². The average molecular weight is 428 g/mol. The van der Waals surface area contributed by atoms with Crippen molar-refractivity contribution >= 4 is 11.9 Å². The number of aromatic nitrogens is 2. The summed E-state index contributed by atoms with van der Waals surface area (Å²) in [5, 5.41) is 8.75. The molecule has 2 fully saturated rings. The summed E-state index contributed by atoms with van der Waals surface area (Å²) < 4.78 is 45.5. The van der Waals surface area contributed by atoms with E-state index in [4.69, 9.17) is 4.52 Å². The first-order valence-corrected chi connectivity index (χ1v) is 9.49. The second-order valence-corrected chi connectivity index (χ2v) is 7.81. The summed E-state index contributed by atoms with van der Waals surface area (Å²) in [7, 11) is 0. The van der Waals surface area contributed by atoms with Crippen LogP contribution in [0.2, 0.25) is 0 Å². The Morgan fingerprint density at radius 1 is 1.06 bits per heavy atom. The molecule has 10 heteroatoms. The van der Waals surface area contributed by atoms with Gasteiger partial charge in [-0.25, -0.2) is 18.0 Å². The maximum atomic E-state index is 13.5. The molecule has 1 aliphatic carbocycles. The maximum absolute atomic E-state index is 13.5. The summed E-state index contributed by atoms with van der Waals surface area (Å²) in [5.41, 5.74) is 0.392. The number of urea groups is 1. The van der Waals surface area contributed by atoms with Gasteiger partial charge in [0.25, 0.3) is 5.91 Å². The molecule has 0 radical (unpaired) electrons. The summed E-state index contributed by atoms with van der Waals surface area (Å²) in [6.07, 6.45) is 0.554. The summed E-state index contributed by atoms with van der Waals surface area (Å²) in [5.74, 6) is -4.20. The first-order chi connectivity index (χ1) is 14.8. The lowest BCUT2D eigenvalue weighted by Crippen LogP contribution is -2.40. The van der Waals surface area contributed by atoms with E-state index in [9.17, 15) is 22.8 Å². The highest BCUT2D eigenvalue weighted by Crippen LogP contribution is 2.54. The van der Waals surface area contributed by atoms with Gasteiger partial charge >= 0.3 is 6.03 Å². The van der Waals surface area contributed by atoms with Crippen molar-refractivity contribution in [1.29, 1.82) is 0 Å². The third kappa shape index (κ3) is 3.15. The number of halogens is 3.